The van der Waals surface area contributed by atoms with E-state index in [-0.39, 0.29) is 0 Å². The van der Waals surface area contributed by atoms with Gasteiger partial charge in [-0.3, -0.25) is 4.79 Å². The van der Waals surface area contributed by atoms with Gasteiger partial charge in [-0.1, -0.05) is 0 Å². The molecule has 2 nitrogen and oxygen atoms in total. The molecule has 0 N–H and O–H groups in total. The Kier molecular flexibility index (Phi) is 5.59. The van der Waals surface area contributed by atoms with Gasteiger partial charge in [0.05, 0.1) is 6.61 Å². The number of benzene rings is 1. The number of hydrogen-bond donors (Lipinski definition) is 0. The van der Waals surface area contributed by atoms with Crippen LogP contribution in [0.4, 0.5) is 0 Å². The van der Waals surface area contributed by atoms with Crippen LogP contribution in [0.3, 0.4) is 0 Å². The fraction of sp³-hybridized carbons (Fsp3) is 0.364. The van der Waals surface area contributed by atoms with E-state index in [1.54, 1.807) is 0 Å². The molecule has 0 amide bonds. The largest absolute Gasteiger partial charge is 0.494 e. The Labute approximate surface area is 97.8 Å². The third-order valence-corrected chi connectivity index (χ3v) is 2.47. The van der Waals surface area contributed by atoms with E-state index in [9.17, 15) is 4.79 Å². The van der Waals surface area contributed by atoms with Gasteiger partial charge in [-0.05, 0) is 59.7 Å². The van der Waals surface area contributed by atoms with Gasteiger partial charge >= 0.3 is 0 Å². The minimum absolute atomic E-state index is 0.510. The molecule has 0 saturated carbocycles. The van der Waals surface area contributed by atoms with Gasteiger partial charge in [0.2, 0.25) is 0 Å². The van der Waals surface area contributed by atoms with Gasteiger partial charge in [0, 0.05) is 9.99 Å². The van der Waals surface area contributed by atoms with Crippen molar-refractivity contribution < 1.29 is 9.53 Å². The van der Waals surface area contributed by atoms with Crippen molar-refractivity contribution in [2.75, 3.05) is 6.61 Å². The maximum absolute atomic E-state index is 9.91. The monoisotopic (exact) mass is 303 g/mol. The van der Waals surface area contributed by atoms with Crippen LogP contribution in [0.15, 0.2) is 24.3 Å². The first-order chi connectivity index (χ1) is 6.83. The Morgan fingerprint density at radius 3 is 2.57 bits per heavy atom. The molecule has 0 spiro atoms. The lowest BCUT2D eigenvalue weighted by atomic mass is 10.2. The van der Waals surface area contributed by atoms with Crippen LogP contribution in [0.2, 0.25) is 0 Å². The van der Waals surface area contributed by atoms with Crippen molar-refractivity contribution in [1.29, 1.82) is 0 Å². The summed E-state index contributed by atoms with van der Waals surface area (Å²) >= 11 is 2.25. The summed E-state index contributed by atoms with van der Waals surface area (Å²) in [6.45, 7) is 0.669. The van der Waals surface area contributed by atoms with E-state index in [1.807, 2.05) is 30.6 Å². The first kappa shape index (κ1) is 11.5. The highest BCUT2D eigenvalue weighted by molar-refractivity contribution is 14.1. The van der Waals surface area contributed by atoms with Crippen molar-refractivity contribution in [3.05, 3.63) is 27.8 Å². The molecular formula is C11H12IO2. The van der Waals surface area contributed by atoms with E-state index in [1.165, 1.54) is 3.57 Å². The summed E-state index contributed by atoms with van der Waals surface area (Å²) in [5.41, 5.74) is 0. The molecule has 3 heteroatoms. The van der Waals surface area contributed by atoms with Gasteiger partial charge in [-0.25, -0.2) is 0 Å². The molecule has 0 aliphatic carbocycles. The van der Waals surface area contributed by atoms with Crippen molar-refractivity contribution in [1.82, 2.24) is 0 Å². The van der Waals surface area contributed by atoms with Crippen LogP contribution < -0.4 is 4.74 Å². The van der Waals surface area contributed by atoms with Crippen molar-refractivity contribution in [2.45, 2.75) is 19.3 Å². The molecule has 1 aromatic rings. The smallest absolute Gasteiger partial charge is 0.198 e. The predicted octanol–water partition coefficient (Wildman–Crippen LogP) is 2.95. The van der Waals surface area contributed by atoms with Crippen LogP contribution in [-0.2, 0) is 4.79 Å². The van der Waals surface area contributed by atoms with Gasteiger partial charge in [0.25, 0.3) is 0 Å². The fourth-order valence-electron chi connectivity index (χ4n) is 1.02. The van der Waals surface area contributed by atoms with Gasteiger partial charge in [0.1, 0.15) is 5.75 Å². The predicted molar refractivity (Wildman–Crippen MR) is 64.2 cm³/mol. The maximum Gasteiger partial charge on any atom is 0.198 e. The Bertz CT molecular complexity index is 269. The second-order valence-electron chi connectivity index (χ2n) is 2.90. The second kappa shape index (κ2) is 6.81. The molecule has 0 aromatic heterocycles. The standard InChI is InChI=1S/C11H12IO2/c12-10-4-6-11(7-5-10)14-9-3-1-2-8-13/h4-7H,1-3,9H2. The summed E-state index contributed by atoms with van der Waals surface area (Å²) in [4.78, 5) is 9.91. The molecule has 0 fully saturated rings. The molecule has 0 unspecified atom stereocenters. The number of unbranched alkanes of at least 4 members (excludes halogenated alkanes) is 2. The molecule has 0 aliphatic heterocycles. The molecule has 0 atom stereocenters. The van der Waals surface area contributed by atoms with E-state index in [4.69, 9.17) is 4.74 Å². The molecule has 75 valence electrons. The van der Waals surface area contributed by atoms with Crippen LogP contribution in [0.25, 0.3) is 0 Å². The normalized spacial score (nSPS) is 9.79. The molecule has 1 aromatic carbocycles. The highest BCUT2D eigenvalue weighted by Crippen LogP contribution is 2.13. The van der Waals surface area contributed by atoms with E-state index in [2.05, 4.69) is 22.6 Å². The highest BCUT2D eigenvalue weighted by atomic mass is 127. The van der Waals surface area contributed by atoms with Crippen LogP contribution >= 0.6 is 22.6 Å². The molecule has 14 heavy (non-hydrogen) atoms. The van der Waals surface area contributed by atoms with Gasteiger partial charge in [0.15, 0.2) is 6.29 Å². The molecule has 1 rings (SSSR count). The minimum atomic E-state index is 0.510. The molecule has 0 heterocycles. The molecule has 0 aliphatic rings. The van der Waals surface area contributed by atoms with E-state index in [0.717, 1.165) is 18.6 Å². The lowest BCUT2D eigenvalue weighted by Gasteiger charge is -2.04. The summed E-state index contributed by atoms with van der Waals surface area (Å²) < 4.78 is 6.67. The molecule has 0 saturated heterocycles. The lowest BCUT2D eigenvalue weighted by molar-refractivity contribution is 0.307. The van der Waals surface area contributed by atoms with Crippen molar-refractivity contribution in [3.63, 3.8) is 0 Å². The van der Waals surface area contributed by atoms with Crippen LogP contribution in [0.5, 0.6) is 5.75 Å². The Morgan fingerprint density at radius 2 is 1.93 bits per heavy atom. The average molecular weight is 303 g/mol. The van der Waals surface area contributed by atoms with Crippen molar-refractivity contribution in [2.24, 2.45) is 0 Å². The van der Waals surface area contributed by atoms with Crippen molar-refractivity contribution >= 4 is 28.9 Å². The summed E-state index contributed by atoms with van der Waals surface area (Å²) in [5, 5.41) is 0. The maximum atomic E-state index is 9.91. The van der Waals surface area contributed by atoms with Crippen LogP contribution in [-0.4, -0.2) is 12.9 Å². The van der Waals surface area contributed by atoms with Gasteiger partial charge in [-0.15, -0.1) is 0 Å². The zero-order chi connectivity index (χ0) is 10.2. The number of rotatable bonds is 6. The quantitative estimate of drug-likeness (QED) is 0.596. The zero-order valence-electron chi connectivity index (χ0n) is 7.83. The van der Waals surface area contributed by atoms with Crippen LogP contribution in [0.1, 0.15) is 19.3 Å². The van der Waals surface area contributed by atoms with Gasteiger partial charge in [-0.2, -0.15) is 0 Å². The summed E-state index contributed by atoms with van der Waals surface area (Å²) in [5.74, 6) is 0.889. The number of ether oxygens (including phenoxy) is 1. The third-order valence-electron chi connectivity index (χ3n) is 1.76. The highest BCUT2D eigenvalue weighted by Gasteiger charge is 1.93. The second-order valence-corrected chi connectivity index (χ2v) is 4.15. The molecular weight excluding hydrogens is 291 g/mol. The SMILES string of the molecule is O=[C]CCCCOc1ccc(I)cc1. The lowest BCUT2D eigenvalue weighted by Crippen LogP contribution is -1.97. The Balaban J connectivity index is 2.18. The number of carbonyl (C=O) groups excluding carboxylic acids is 1. The summed E-state index contributed by atoms with van der Waals surface area (Å²) in [6.07, 6.45) is 4.14. The third kappa shape index (κ3) is 4.60. The van der Waals surface area contributed by atoms with E-state index >= 15 is 0 Å². The number of halogens is 1. The Morgan fingerprint density at radius 1 is 1.21 bits per heavy atom. The minimum Gasteiger partial charge on any atom is -0.494 e. The van der Waals surface area contributed by atoms with Crippen molar-refractivity contribution in [3.8, 4) is 5.75 Å². The van der Waals surface area contributed by atoms with E-state index < -0.39 is 0 Å². The van der Waals surface area contributed by atoms with Crippen LogP contribution in [0, 0.1) is 3.57 Å². The topological polar surface area (TPSA) is 26.3 Å². The summed E-state index contributed by atoms with van der Waals surface area (Å²) in [6, 6.07) is 7.92. The molecule has 0 bridgehead atoms. The zero-order valence-corrected chi connectivity index (χ0v) is 9.99. The fourth-order valence-corrected chi connectivity index (χ4v) is 1.38. The summed E-state index contributed by atoms with van der Waals surface area (Å²) in [7, 11) is 0. The van der Waals surface area contributed by atoms with E-state index in [0.29, 0.717) is 13.0 Å². The molecule has 1 radical (unpaired) electrons. The number of hydrogen-bond acceptors (Lipinski definition) is 2. The first-order valence-corrected chi connectivity index (χ1v) is 5.64. The first-order valence-electron chi connectivity index (χ1n) is 4.56. The van der Waals surface area contributed by atoms with Gasteiger partial charge < -0.3 is 4.74 Å². The average Bonchev–Trinajstić information content (AvgIpc) is 2.21. The Hall–Kier alpha value is -0.580.